The molecule has 1 amide bonds. The Kier molecular flexibility index (Phi) is 5.16. The third-order valence-electron chi connectivity index (χ3n) is 4.85. The average molecular weight is 380 g/mol. The van der Waals surface area contributed by atoms with E-state index in [0.717, 1.165) is 24.2 Å². The number of amides is 1. The van der Waals surface area contributed by atoms with Crippen LogP contribution < -0.4 is 0 Å². The standard InChI is InChI=1S/C21H21FN4O2/c1-15-3-2-4-17(13-15)20-23-19(28-24-20)14-25-9-11-26(12-10-25)21(27)16-5-7-18(22)8-6-16/h2-8,13H,9-12,14H2,1H3. The van der Waals surface area contributed by atoms with Gasteiger partial charge in [0.2, 0.25) is 11.7 Å². The van der Waals surface area contributed by atoms with Crippen LogP contribution in [-0.2, 0) is 6.54 Å². The molecule has 2 heterocycles. The van der Waals surface area contributed by atoms with Crippen LogP contribution in [0.5, 0.6) is 0 Å². The lowest BCUT2D eigenvalue weighted by Gasteiger charge is -2.34. The smallest absolute Gasteiger partial charge is 0.253 e. The van der Waals surface area contributed by atoms with Crippen molar-refractivity contribution in [1.29, 1.82) is 0 Å². The highest BCUT2D eigenvalue weighted by molar-refractivity contribution is 5.94. The van der Waals surface area contributed by atoms with Gasteiger partial charge in [0.05, 0.1) is 6.54 Å². The van der Waals surface area contributed by atoms with Crippen molar-refractivity contribution in [2.75, 3.05) is 26.2 Å². The van der Waals surface area contributed by atoms with E-state index in [-0.39, 0.29) is 11.7 Å². The minimum atomic E-state index is -0.342. The van der Waals surface area contributed by atoms with Crippen molar-refractivity contribution in [1.82, 2.24) is 19.9 Å². The first-order valence-corrected chi connectivity index (χ1v) is 9.25. The molecule has 0 radical (unpaired) electrons. The maximum Gasteiger partial charge on any atom is 0.253 e. The van der Waals surface area contributed by atoms with Gasteiger partial charge in [-0.05, 0) is 37.3 Å². The van der Waals surface area contributed by atoms with E-state index in [1.807, 2.05) is 31.2 Å². The molecule has 7 heteroatoms. The second-order valence-corrected chi connectivity index (χ2v) is 6.96. The highest BCUT2D eigenvalue weighted by Crippen LogP contribution is 2.18. The molecule has 0 unspecified atom stereocenters. The SMILES string of the molecule is Cc1cccc(-c2noc(CN3CCN(C(=O)c4ccc(F)cc4)CC3)n2)c1. The number of carbonyl (C=O) groups is 1. The van der Waals surface area contributed by atoms with Gasteiger partial charge in [-0.2, -0.15) is 4.98 Å². The van der Waals surface area contributed by atoms with Gasteiger partial charge in [-0.25, -0.2) is 4.39 Å². The second-order valence-electron chi connectivity index (χ2n) is 6.96. The first kappa shape index (κ1) is 18.3. The lowest BCUT2D eigenvalue weighted by molar-refractivity contribution is 0.0615. The molecule has 1 aliphatic rings. The van der Waals surface area contributed by atoms with Crippen LogP contribution in [0.15, 0.2) is 53.1 Å². The highest BCUT2D eigenvalue weighted by atomic mass is 19.1. The number of nitrogens with zero attached hydrogens (tertiary/aromatic N) is 4. The van der Waals surface area contributed by atoms with E-state index in [0.29, 0.717) is 36.9 Å². The Morgan fingerprint density at radius 3 is 2.57 bits per heavy atom. The van der Waals surface area contributed by atoms with Gasteiger partial charge in [-0.1, -0.05) is 28.9 Å². The predicted molar refractivity (Wildman–Crippen MR) is 102 cm³/mol. The molecule has 1 aromatic heterocycles. The largest absolute Gasteiger partial charge is 0.338 e. The summed E-state index contributed by atoms with van der Waals surface area (Å²) in [7, 11) is 0. The molecule has 144 valence electrons. The Bertz CT molecular complexity index is 963. The maximum atomic E-state index is 13.0. The molecule has 3 aromatic rings. The highest BCUT2D eigenvalue weighted by Gasteiger charge is 2.23. The fourth-order valence-corrected chi connectivity index (χ4v) is 3.30. The quantitative estimate of drug-likeness (QED) is 0.696. The molecule has 0 aliphatic carbocycles. The van der Waals surface area contributed by atoms with Crippen molar-refractivity contribution in [3.63, 3.8) is 0 Å². The Labute approximate surface area is 162 Å². The molecule has 1 fully saturated rings. The maximum absolute atomic E-state index is 13.0. The molecule has 0 saturated carbocycles. The van der Waals surface area contributed by atoms with E-state index in [2.05, 4.69) is 15.0 Å². The summed E-state index contributed by atoms with van der Waals surface area (Å²) in [4.78, 5) is 21.0. The minimum absolute atomic E-state index is 0.0702. The number of aromatic nitrogens is 2. The summed E-state index contributed by atoms with van der Waals surface area (Å²) in [6.45, 7) is 5.23. The van der Waals surface area contributed by atoms with Crippen molar-refractivity contribution in [3.8, 4) is 11.4 Å². The summed E-state index contributed by atoms with van der Waals surface area (Å²) in [5.74, 6) is 0.740. The van der Waals surface area contributed by atoms with Crippen LogP contribution >= 0.6 is 0 Å². The predicted octanol–water partition coefficient (Wildman–Crippen LogP) is 3.14. The number of rotatable bonds is 4. The van der Waals surface area contributed by atoms with Gasteiger partial charge >= 0.3 is 0 Å². The molecule has 28 heavy (non-hydrogen) atoms. The number of benzene rings is 2. The summed E-state index contributed by atoms with van der Waals surface area (Å²) >= 11 is 0. The Balaban J connectivity index is 1.33. The van der Waals surface area contributed by atoms with E-state index < -0.39 is 0 Å². The number of carbonyl (C=O) groups excluding carboxylic acids is 1. The van der Waals surface area contributed by atoms with E-state index in [4.69, 9.17) is 4.52 Å². The molecule has 4 rings (SSSR count). The van der Waals surface area contributed by atoms with E-state index in [1.165, 1.54) is 24.3 Å². The number of halogens is 1. The van der Waals surface area contributed by atoms with Crippen molar-refractivity contribution in [3.05, 3.63) is 71.4 Å². The lowest BCUT2D eigenvalue weighted by Crippen LogP contribution is -2.48. The zero-order valence-electron chi connectivity index (χ0n) is 15.6. The van der Waals surface area contributed by atoms with Gasteiger partial charge in [0.25, 0.3) is 5.91 Å². The van der Waals surface area contributed by atoms with Crippen molar-refractivity contribution >= 4 is 5.91 Å². The Hall–Kier alpha value is -3.06. The molecule has 2 aromatic carbocycles. The summed E-state index contributed by atoms with van der Waals surface area (Å²) in [5, 5.41) is 4.08. The minimum Gasteiger partial charge on any atom is -0.338 e. The second kappa shape index (κ2) is 7.90. The van der Waals surface area contributed by atoms with Crippen LogP contribution in [0.1, 0.15) is 21.8 Å². The van der Waals surface area contributed by atoms with Crippen LogP contribution in [0.4, 0.5) is 4.39 Å². The van der Waals surface area contributed by atoms with Crippen LogP contribution in [-0.4, -0.2) is 52.0 Å². The van der Waals surface area contributed by atoms with Crippen LogP contribution in [0, 0.1) is 12.7 Å². The third kappa shape index (κ3) is 4.09. The van der Waals surface area contributed by atoms with Gasteiger partial charge in [0, 0.05) is 37.3 Å². The van der Waals surface area contributed by atoms with Crippen molar-refractivity contribution < 1.29 is 13.7 Å². The van der Waals surface area contributed by atoms with Gasteiger partial charge in [-0.3, -0.25) is 9.69 Å². The fraction of sp³-hybridized carbons (Fsp3) is 0.286. The molecule has 1 saturated heterocycles. The van der Waals surface area contributed by atoms with Crippen LogP contribution in [0.2, 0.25) is 0 Å². The van der Waals surface area contributed by atoms with E-state index in [9.17, 15) is 9.18 Å². The average Bonchev–Trinajstić information content (AvgIpc) is 3.17. The lowest BCUT2D eigenvalue weighted by atomic mass is 10.1. The van der Waals surface area contributed by atoms with Crippen LogP contribution in [0.25, 0.3) is 11.4 Å². The Morgan fingerprint density at radius 1 is 1.11 bits per heavy atom. The number of hydrogen-bond donors (Lipinski definition) is 0. The molecular formula is C21H21FN4O2. The molecule has 0 bridgehead atoms. The number of aryl methyl sites for hydroxylation is 1. The molecule has 0 atom stereocenters. The van der Waals surface area contributed by atoms with E-state index >= 15 is 0 Å². The van der Waals surface area contributed by atoms with Gasteiger partial charge < -0.3 is 9.42 Å². The number of piperazine rings is 1. The first-order valence-electron chi connectivity index (χ1n) is 9.25. The van der Waals surface area contributed by atoms with Crippen molar-refractivity contribution in [2.24, 2.45) is 0 Å². The first-order chi connectivity index (χ1) is 13.6. The topological polar surface area (TPSA) is 62.5 Å². The fourth-order valence-electron chi connectivity index (χ4n) is 3.30. The van der Waals surface area contributed by atoms with Gasteiger partial charge in [0.1, 0.15) is 5.82 Å². The molecule has 0 spiro atoms. The molecule has 1 aliphatic heterocycles. The molecule has 6 nitrogen and oxygen atoms in total. The van der Waals surface area contributed by atoms with Crippen molar-refractivity contribution in [2.45, 2.75) is 13.5 Å². The molecular weight excluding hydrogens is 359 g/mol. The normalized spacial score (nSPS) is 15.0. The number of hydrogen-bond acceptors (Lipinski definition) is 5. The Morgan fingerprint density at radius 2 is 1.86 bits per heavy atom. The summed E-state index contributed by atoms with van der Waals surface area (Å²) in [6.07, 6.45) is 0. The third-order valence-corrected chi connectivity index (χ3v) is 4.85. The monoisotopic (exact) mass is 380 g/mol. The van der Waals surface area contributed by atoms with Gasteiger partial charge in [-0.15, -0.1) is 0 Å². The summed E-state index contributed by atoms with van der Waals surface area (Å²) < 4.78 is 18.4. The van der Waals surface area contributed by atoms with Gasteiger partial charge in [0.15, 0.2) is 0 Å². The van der Waals surface area contributed by atoms with E-state index in [1.54, 1.807) is 4.90 Å². The zero-order valence-corrected chi connectivity index (χ0v) is 15.6. The summed E-state index contributed by atoms with van der Waals surface area (Å²) in [6, 6.07) is 13.6. The zero-order chi connectivity index (χ0) is 19.5. The van der Waals surface area contributed by atoms with Crippen LogP contribution in [0.3, 0.4) is 0 Å². The molecule has 0 N–H and O–H groups in total. The summed E-state index contributed by atoms with van der Waals surface area (Å²) in [5.41, 5.74) is 2.59.